The fraction of sp³-hybridized carbons (Fsp3) is 0.176. The molecule has 132 valence electrons. The van der Waals surface area contributed by atoms with Gasteiger partial charge in [0.1, 0.15) is 6.61 Å². The maximum Gasteiger partial charge on any atom is 0.411 e. The smallest absolute Gasteiger partial charge is 0.411 e. The average molecular weight is 475 g/mol. The highest BCUT2D eigenvalue weighted by Crippen LogP contribution is 2.21. The fourth-order valence-corrected chi connectivity index (χ4v) is 2.52. The van der Waals surface area contributed by atoms with E-state index >= 15 is 0 Å². The standard InChI is InChI=1S/C17H16ClIN2O4/c1-24-7-8-25-17(23)21-13-4-2-3-12(10-13)20-16(22)11-5-6-14(18)15(19)9-11/h2-6,9-10H,7-8H2,1H3,(H,20,22)(H,21,23). The molecule has 0 aliphatic heterocycles. The average Bonchev–Trinajstić information content (AvgIpc) is 2.58. The van der Waals surface area contributed by atoms with Crippen LogP contribution in [-0.4, -0.2) is 32.3 Å². The van der Waals surface area contributed by atoms with Gasteiger partial charge in [-0.15, -0.1) is 0 Å². The molecule has 0 aliphatic carbocycles. The third kappa shape index (κ3) is 6.18. The molecule has 2 amide bonds. The number of methoxy groups -OCH3 is 1. The van der Waals surface area contributed by atoms with Crippen molar-refractivity contribution in [3.8, 4) is 0 Å². The number of benzene rings is 2. The lowest BCUT2D eigenvalue weighted by Gasteiger charge is -2.10. The van der Waals surface area contributed by atoms with Gasteiger partial charge in [-0.05, 0) is 59.0 Å². The largest absolute Gasteiger partial charge is 0.447 e. The maximum atomic E-state index is 12.3. The van der Waals surface area contributed by atoms with E-state index < -0.39 is 6.09 Å². The Morgan fingerprint density at radius 3 is 2.48 bits per heavy atom. The van der Waals surface area contributed by atoms with E-state index in [4.69, 9.17) is 21.1 Å². The van der Waals surface area contributed by atoms with Gasteiger partial charge in [-0.25, -0.2) is 4.79 Å². The SMILES string of the molecule is COCCOC(=O)Nc1cccc(NC(=O)c2ccc(Cl)c(I)c2)c1. The summed E-state index contributed by atoms with van der Waals surface area (Å²) in [6.07, 6.45) is -0.590. The predicted molar refractivity (Wildman–Crippen MR) is 105 cm³/mol. The molecule has 0 heterocycles. The minimum absolute atomic E-state index is 0.161. The number of halogens is 2. The molecule has 2 rings (SSSR count). The first kappa shape index (κ1) is 19.5. The Hall–Kier alpha value is -1.84. The number of anilines is 2. The summed E-state index contributed by atoms with van der Waals surface area (Å²) in [5.74, 6) is -0.269. The van der Waals surface area contributed by atoms with Crippen LogP contribution in [0.15, 0.2) is 42.5 Å². The topological polar surface area (TPSA) is 76.7 Å². The van der Waals surface area contributed by atoms with E-state index in [1.165, 1.54) is 7.11 Å². The highest BCUT2D eigenvalue weighted by molar-refractivity contribution is 14.1. The highest BCUT2D eigenvalue weighted by Gasteiger charge is 2.09. The van der Waals surface area contributed by atoms with Crippen molar-refractivity contribution in [2.24, 2.45) is 0 Å². The molecule has 25 heavy (non-hydrogen) atoms. The van der Waals surface area contributed by atoms with Gasteiger partial charge in [0.25, 0.3) is 5.91 Å². The first-order valence-electron chi connectivity index (χ1n) is 7.29. The Bertz CT molecular complexity index is 770. The molecule has 0 saturated carbocycles. The van der Waals surface area contributed by atoms with Crippen molar-refractivity contribution in [1.82, 2.24) is 0 Å². The number of amides is 2. The van der Waals surface area contributed by atoms with Crippen LogP contribution in [-0.2, 0) is 9.47 Å². The van der Waals surface area contributed by atoms with E-state index in [0.29, 0.717) is 28.6 Å². The van der Waals surface area contributed by atoms with E-state index in [1.807, 2.05) is 0 Å². The van der Waals surface area contributed by atoms with Crippen molar-refractivity contribution in [3.05, 3.63) is 56.6 Å². The zero-order valence-electron chi connectivity index (χ0n) is 13.3. The van der Waals surface area contributed by atoms with Gasteiger partial charge < -0.3 is 14.8 Å². The molecule has 0 saturated heterocycles. The first-order valence-corrected chi connectivity index (χ1v) is 8.74. The van der Waals surface area contributed by atoms with Crippen LogP contribution in [0, 0.1) is 3.57 Å². The van der Waals surface area contributed by atoms with Gasteiger partial charge in [-0.3, -0.25) is 10.1 Å². The minimum atomic E-state index is -0.590. The van der Waals surface area contributed by atoms with Crippen molar-refractivity contribution < 1.29 is 19.1 Å². The molecule has 0 bridgehead atoms. The molecule has 0 atom stereocenters. The molecule has 0 spiro atoms. The van der Waals surface area contributed by atoms with E-state index in [0.717, 1.165) is 3.57 Å². The zero-order valence-corrected chi connectivity index (χ0v) is 16.3. The third-order valence-electron chi connectivity index (χ3n) is 3.07. The van der Waals surface area contributed by atoms with Crippen LogP contribution in [0.5, 0.6) is 0 Å². The predicted octanol–water partition coefficient (Wildman–Crippen LogP) is 4.39. The number of nitrogens with one attached hydrogen (secondary N) is 2. The molecular formula is C17H16ClIN2O4. The summed E-state index contributed by atoms with van der Waals surface area (Å²) in [5.41, 5.74) is 1.54. The molecule has 0 aromatic heterocycles. The second kappa shape index (κ2) is 9.59. The summed E-state index contributed by atoms with van der Waals surface area (Å²) < 4.78 is 10.5. The van der Waals surface area contributed by atoms with Gasteiger partial charge in [0.15, 0.2) is 0 Å². The Kier molecular flexibility index (Phi) is 7.48. The summed E-state index contributed by atoms with van der Waals surface area (Å²) >= 11 is 8.03. The molecule has 2 N–H and O–H groups in total. The summed E-state index contributed by atoms with van der Waals surface area (Å²) in [5, 5.41) is 5.95. The van der Waals surface area contributed by atoms with E-state index in [-0.39, 0.29) is 12.5 Å². The Balaban J connectivity index is 1.99. The molecule has 0 fully saturated rings. The second-order valence-electron chi connectivity index (χ2n) is 4.92. The molecule has 0 unspecified atom stereocenters. The summed E-state index contributed by atoms with van der Waals surface area (Å²) in [6.45, 7) is 0.484. The van der Waals surface area contributed by atoms with Crippen LogP contribution in [0.1, 0.15) is 10.4 Å². The molecule has 0 radical (unpaired) electrons. The van der Waals surface area contributed by atoms with Crippen molar-refractivity contribution >= 4 is 57.6 Å². The Morgan fingerprint density at radius 1 is 1.08 bits per heavy atom. The number of carbonyl (C=O) groups excluding carboxylic acids is 2. The molecule has 8 heteroatoms. The first-order chi connectivity index (χ1) is 12.0. The van der Waals surface area contributed by atoms with E-state index in [9.17, 15) is 9.59 Å². The summed E-state index contributed by atoms with van der Waals surface area (Å²) in [4.78, 5) is 23.9. The van der Waals surface area contributed by atoms with Gasteiger partial charge in [0.2, 0.25) is 0 Å². The monoisotopic (exact) mass is 474 g/mol. The molecule has 2 aromatic carbocycles. The van der Waals surface area contributed by atoms with Gasteiger partial charge >= 0.3 is 6.09 Å². The molecule has 2 aromatic rings. The van der Waals surface area contributed by atoms with Crippen molar-refractivity contribution in [3.63, 3.8) is 0 Å². The van der Waals surface area contributed by atoms with Crippen molar-refractivity contribution in [1.29, 1.82) is 0 Å². The van der Waals surface area contributed by atoms with Crippen LogP contribution < -0.4 is 10.6 Å². The molecular weight excluding hydrogens is 459 g/mol. The minimum Gasteiger partial charge on any atom is -0.447 e. The van der Waals surface area contributed by atoms with Gasteiger partial charge in [-0.2, -0.15) is 0 Å². The summed E-state index contributed by atoms with van der Waals surface area (Å²) in [7, 11) is 1.52. The van der Waals surface area contributed by atoms with Crippen molar-refractivity contribution in [2.45, 2.75) is 0 Å². The zero-order chi connectivity index (χ0) is 18.2. The highest BCUT2D eigenvalue weighted by atomic mass is 127. The number of carbonyl (C=O) groups is 2. The van der Waals surface area contributed by atoms with Crippen molar-refractivity contribution in [2.75, 3.05) is 31.0 Å². The second-order valence-corrected chi connectivity index (χ2v) is 6.49. The third-order valence-corrected chi connectivity index (χ3v) is 4.61. The van der Waals surface area contributed by atoms with Gasteiger partial charge in [-0.1, -0.05) is 17.7 Å². The van der Waals surface area contributed by atoms with E-state index in [2.05, 4.69) is 33.2 Å². The van der Waals surface area contributed by atoms with E-state index in [1.54, 1.807) is 42.5 Å². The van der Waals surface area contributed by atoms with Crippen LogP contribution >= 0.6 is 34.2 Å². The van der Waals surface area contributed by atoms with Gasteiger partial charge in [0, 0.05) is 27.6 Å². The van der Waals surface area contributed by atoms with Crippen LogP contribution in [0.25, 0.3) is 0 Å². The fourth-order valence-electron chi connectivity index (χ4n) is 1.89. The maximum absolute atomic E-state index is 12.3. The number of hydrogen-bond donors (Lipinski definition) is 2. The van der Waals surface area contributed by atoms with Gasteiger partial charge in [0.05, 0.1) is 11.6 Å². The van der Waals surface area contributed by atoms with Crippen LogP contribution in [0.3, 0.4) is 0 Å². The van der Waals surface area contributed by atoms with Crippen LogP contribution in [0.4, 0.5) is 16.2 Å². The molecule has 6 nitrogen and oxygen atoms in total. The number of hydrogen-bond acceptors (Lipinski definition) is 4. The summed E-state index contributed by atoms with van der Waals surface area (Å²) in [6, 6.07) is 11.8. The number of rotatable bonds is 6. The number of ether oxygens (including phenoxy) is 2. The Morgan fingerprint density at radius 2 is 1.80 bits per heavy atom. The lowest BCUT2D eigenvalue weighted by Crippen LogP contribution is -2.17. The lowest BCUT2D eigenvalue weighted by atomic mass is 10.2. The molecule has 0 aliphatic rings. The Labute approximate surface area is 164 Å². The van der Waals surface area contributed by atoms with Crippen LogP contribution in [0.2, 0.25) is 5.02 Å². The normalized spacial score (nSPS) is 10.2. The lowest BCUT2D eigenvalue weighted by molar-refractivity contribution is 0.102. The quantitative estimate of drug-likeness (QED) is 0.481.